The highest BCUT2D eigenvalue weighted by Gasteiger charge is 2.21. The first-order valence-corrected chi connectivity index (χ1v) is 10.3. The van der Waals surface area contributed by atoms with Crippen LogP contribution in [0.2, 0.25) is 0 Å². The average molecular weight is 393 g/mol. The normalized spacial score (nSPS) is 17.6. The van der Waals surface area contributed by atoms with Gasteiger partial charge in [0.1, 0.15) is 0 Å². The fourth-order valence-corrected chi connectivity index (χ4v) is 4.00. The maximum Gasteiger partial charge on any atom is 0.228 e. The number of amides is 2. The van der Waals surface area contributed by atoms with Crippen LogP contribution in [0, 0.1) is 0 Å². The molecule has 0 aliphatic carbocycles. The minimum absolute atomic E-state index is 0.0309. The minimum Gasteiger partial charge on any atom is -0.367 e. The number of para-hydroxylation sites is 2. The van der Waals surface area contributed by atoms with Crippen LogP contribution in [0.15, 0.2) is 48.5 Å². The topological polar surface area (TPSA) is 55.9 Å². The number of likely N-dealkylation sites (N-methyl/N-ethyl adjacent to an activating group) is 1. The quantitative estimate of drug-likeness (QED) is 0.850. The molecule has 0 saturated carbocycles. The monoisotopic (exact) mass is 392 g/mol. The molecule has 0 unspecified atom stereocenters. The number of carbonyl (C=O) groups excluding carboxylic acids is 2. The van der Waals surface area contributed by atoms with Crippen LogP contribution in [0.3, 0.4) is 0 Å². The van der Waals surface area contributed by atoms with Crippen molar-refractivity contribution < 1.29 is 9.59 Å². The molecule has 6 nitrogen and oxygen atoms in total. The summed E-state index contributed by atoms with van der Waals surface area (Å²) in [6.45, 7) is 4.74. The molecule has 2 heterocycles. The van der Waals surface area contributed by atoms with Gasteiger partial charge in [0, 0.05) is 44.8 Å². The third-order valence-electron chi connectivity index (χ3n) is 5.71. The lowest BCUT2D eigenvalue weighted by Gasteiger charge is -2.35. The first kappa shape index (κ1) is 19.5. The Morgan fingerprint density at radius 3 is 2.38 bits per heavy atom. The molecule has 0 bridgehead atoms. The minimum atomic E-state index is -0.0309. The van der Waals surface area contributed by atoms with E-state index in [1.165, 1.54) is 0 Å². The zero-order valence-corrected chi connectivity index (χ0v) is 16.9. The van der Waals surface area contributed by atoms with Gasteiger partial charge < -0.3 is 20.0 Å². The van der Waals surface area contributed by atoms with E-state index in [2.05, 4.69) is 28.2 Å². The summed E-state index contributed by atoms with van der Waals surface area (Å²) in [6.07, 6.45) is 1.85. The van der Waals surface area contributed by atoms with Crippen molar-refractivity contribution in [2.75, 3.05) is 54.9 Å². The van der Waals surface area contributed by atoms with Crippen molar-refractivity contribution in [3.63, 3.8) is 0 Å². The summed E-state index contributed by atoms with van der Waals surface area (Å²) < 4.78 is 0. The lowest BCUT2D eigenvalue weighted by atomic mass is 10.1. The highest BCUT2D eigenvalue weighted by Crippen LogP contribution is 2.27. The van der Waals surface area contributed by atoms with Gasteiger partial charge in [-0.15, -0.1) is 0 Å². The van der Waals surface area contributed by atoms with Gasteiger partial charge in [-0.2, -0.15) is 0 Å². The second kappa shape index (κ2) is 8.66. The Bertz CT molecular complexity index is 873. The summed E-state index contributed by atoms with van der Waals surface area (Å²) in [5.41, 5.74) is 3.80. The number of anilines is 3. The van der Waals surface area contributed by atoms with E-state index < -0.39 is 0 Å². The molecule has 2 amide bonds. The summed E-state index contributed by atoms with van der Waals surface area (Å²) in [6, 6.07) is 15.8. The Morgan fingerprint density at radius 2 is 1.69 bits per heavy atom. The molecule has 2 saturated heterocycles. The van der Waals surface area contributed by atoms with Crippen LogP contribution in [0.5, 0.6) is 0 Å². The molecule has 0 atom stereocenters. The number of hydrogen-bond acceptors (Lipinski definition) is 4. The van der Waals surface area contributed by atoms with Gasteiger partial charge in [-0.25, -0.2) is 0 Å². The van der Waals surface area contributed by atoms with E-state index in [0.717, 1.165) is 61.8 Å². The summed E-state index contributed by atoms with van der Waals surface area (Å²) in [5, 5.41) is 3.09. The Hall–Kier alpha value is -2.86. The van der Waals surface area contributed by atoms with Crippen molar-refractivity contribution in [1.82, 2.24) is 4.90 Å². The van der Waals surface area contributed by atoms with Crippen molar-refractivity contribution in [3.8, 4) is 0 Å². The smallest absolute Gasteiger partial charge is 0.228 e. The molecule has 29 heavy (non-hydrogen) atoms. The molecule has 0 radical (unpaired) electrons. The fourth-order valence-electron chi connectivity index (χ4n) is 4.00. The van der Waals surface area contributed by atoms with Crippen LogP contribution in [-0.2, 0) is 16.0 Å². The lowest BCUT2D eigenvalue weighted by molar-refractivity contribution is -0.117. The van der Waals surface area contributed by atoms with Crippen LogP contribution in [-0.4, -0.2) is 56.5 Å². The highest BCUT2D eigenvalue weighted by atomic mass is 16.2. The maximum atomic E-state index is 12.7. The molecule has 2 aliphatic rings. The molecule has 152 valence electrons. The van der Waals surface area contributed by atoms with E-state index >= 15 is 0 Å². The lowest BCUT2D eigenvalue weighted by Crippen LogP contribution is -2.44. The van der Waals surface area contributed by atoms with Gasteiger partial charge in [0.05, 0.1) is 17.8 Å². The summed E-state index contributed by atoms with van der Waals surface area (Å²) in [7, 11) is 2.13. The van der Waals surface area contributed by atoms with Gasteiger partial charge in [-0.05, 0) is 43.3 Å². The van der Waals surface area contributed by atoms with Crippen molar-refractivity contribution in [1.29, 1.82) is 0 Å². The number of hydrogen-bond donors (Lipinski definition) is 1. The van der Waals surface area contributed by atoms with E-state index in [9.17, 15) is 9.59 Å². The number of piperazine rings is 1. The van der Waals surface area contributed by atoms with Gasteiger partial charge in [-0.3, -0.25) is 9.59 Å². The number of nitrogens with zero attached hydrogens (tertiary/aromatic N) is 3. The molecule has 2 aliphatic heterocycles. The van der Waals surface area contributed by atoms with Crippen molar-refractivity contribution >= 4 is 28.9 Å². The molecule has 2 aromatic carbocycles. The van der Waals surface area contributed by atoms with Crippen LogP contribution >= 0.6 is 0 Å². The third-order valence-corrected chi connectivity index (χ3v) is 5.71. The molecular weight excluding hydrogens is 364 g/mol. The van der Waals surface area contributed by atoms with E-state index in [-0.39, 0.29) is 11.8 Å². The molecule has 0 spiro atoms. The number of rotatable bonds is 5. The molecule has 2 fully saturated rings. The first-order valence-electron chi connectivity index (χ1n) is 10.3. The van der Waals surface area contributed by atoms with Gasteiger partial charge in [0.15, 0.2) is 0 Å². The van der Waals surface area contributed by atoms with E-state index in [1.54, 1.807) is 0 Å². The molecular formula is C23H28N4O2. The largest absolute Gasteiger partial charge is 0.367 e. The molecule has 6 heteroatoms. The summed E-state index contributed by atoms with van der Waals surface area (Å²) >= 11 is 0. The zero-order valence-electron chi connectivity index (χ0n) is 16.9. The Balaban J connectivity index is 1.39. The van der Waals surface area contributed by atoms with Crippen LogP contribution in [0.25, 0.3) is 0 Å². The second-order valence-corrected chi connectivity index (χ2v) is 7.85. The Morgan fingerprint density at radius 1 is 0.966 bits per heavy atom. The van der Waals surface area contributed by atoms with Crippen LogP contribution < -0.4 is 15.1 Å². The Kier molecular flexibility index (Phi) is 5.81. The maximum absolute atomic E-state index is 12.7. The van der Waals surface area contributed by atoms with Gasteiger partial charge >= 0.3 is 0 Å². The molecule has 2 aromatic rings. The van der Waals surface area contributed by atoms with E-state index in [0.29, 0.717) is 12.8 Å². The van der Waals surface area contributed by atoms with Crippen molar-refractivity contribution in [3.05, 3.63) is 54.1 Å². The second-order valence-electron chi connectivity index (χ2n) is 7.85. The van der Waals surface area contributed by atoms with Crippen LogP contribution in [0.4, 0.5) is 17.1 Å². The van der Waals surface area contributed by atoms with Gasteiger partial charge in [-0.1, -0.05) is 24.3 Å². The average Bonchev–Trinajstić information content (AvgIpc) is 3.15. The van der Waals surface area contributed by atoms with Crippen LogP contribution in [0.1, 0.15) is 18.4 Å². The van der Waals surface area contributed by atoms with Gasteiger partial charge in [0.2, 0.25) is 11.8 Å². The third kappa shape index (κ3) is 4.59. The zero-order chi connectivity index (χ0) is 20.2. The van der Waals surface area contributed by atoms with Crippen molar-refractivity contribution in [2.24, 2.45) is 0 Å². The molecule has 1 N–H and O–H groups in total. The Labute approximate surface area is 172 Å². The number of benzene rings is 2. The van der Waals surface area contributed by atoms with Gasteiger partial charge in [0.25, 0.3) is 0 Å². The molecule has 0 aromatic heterocycles. The molecule has 4 rings (SSSR count). The summed E-state index contributed by atoms with van der Waals surface area (Å²) in [5.74, 6) is 0.146. The summed E-state index contributed by atoms with van der Waals surface area (Å²) in [4.78, 5) is 31.0. The SMILES string of the molecule is CN1CCN(c2ccccc2NC(=O)Cc2ccc(N3CCCC3=O)cc2)CC1. The standard InChI is InChI=1S/C23H28N4O2/c1-25-13-15-26(16-14-25)21-6-3-2-5-20(21)24-22(28)17-18-8-10-19(11-9-18)27-12-4-7-23(27)29/h2-3,5-6,8-11H,4,7,12-17H2,1H3,(H,24,28). The van der Waals surface area contributed by atoms with Crippen molar-refractivity contribution in [2.45, 2.75) is 19.3 Å². The predicted octanol–water partition coefficient (Wildman–Crippen LogP) is 2.75. The van der Waals surface area contributed by atoms with E-state index in [4.69, 9.17) is 0 Å². The van der Waals surface area contributed by atoms with E-state index in [1.807, 2.05) is 47.4 Å². The number of nitrogens with one attached hydrogen (secondary N) is 1. The highest BCUT2D eigenvalue weighted by molar-refractivity contribution is 5.96. The fraction of sp³-hybridized carbons (Fsp3) is 0.391. The first-order chi connectivity index (χ1) is 14.1. The predicted molar refractivity (Wildman–Crippen MR) is 117 cm³/mol. The number of carbonyl (C=O) groups is 2.